The Hall–Kier alpha value is -4.35. The molecule has 37 heavy (non-hydrogen) atoms. The second kappa shape index (κ2) is 10.3. The van der Waals surface area contributed by atoms with Crippen molar-refractivity contribution in [2.75, 3.05) is 0 Å². The van der Waals surface area contributed by atoms with Gasteiger partial charge in [0.1, 0.15) is 0 Å². The van der Waals surface area contributed by atoms with Crippen molar-refractivity contribution >= 4 is 45.5 Å². The predicted molar refractivity (Wildman–Crippen MR) is 154 cm³/mol. The number of rotatable bonds is 6. The van der Waals surface area contributed by atoms with Crippen LogP contribution in [-0.2, 0) is 17.9 Å². The summed E-state index contributed by atoms with van der Waals surface area (Å²) in [5.41, 5.74) is 5.31. The molecule has 0 aliphatic carbocycles. The van der Waals surface area contributed by atoms with E-state index in [9.17, 15) is 4.79 Å². The van der Waals surface area contributed by atoms with Gasteiger partial charge in [-0.05, 0) is 47.2 Å². The lowest BCUT2D eigenvalue weighted by atomic mass is 10.1. The normalized spacial score (nSPS) is 15.8. The Morgan fingerprint density at radius 3 is 2.00 bits per heavy atom. The van der Waals surface area contributed by atoms with Crippen LogP contribution >= 0.6 is 11.8 Å². The summed E-state index contributed by atoms with van der Waals surface area (Å²) in [4.78, 5) is 21.0. The molecule has 5 aromatic rings. The molecule has 0 radical (unpaired) electrons. The third-order valence-corrected chi connectivity index (χ3v) is 7.36. The molecule has 5 heteroatoms. The zero-order chi connectivity index (χ0) is 25.0. The van der Waals surface area contributed by atoms with E-state index in [2.05, 4.69) is 53.2 Å². The minimum absolute atomic E-state index is 0.0246. The minimum Gasteiger partial charge on any atom is -0.342 e. The van der Waals surface area contributed by atoms with E-state index in [1.807, 2.05) is 78.9 Å². The molecule has 6 rings (SSSR count). The first-order valence-electron chi connectivity index (χ1n) is 12.3. The molecule has 0 bridgehead atoms. The monoisotopic (exact) mass is 499 g/mol. The first-order valence-corrected chi connectivity index (χ1v) is 13.1. The van der Waals surface area contributed by atoms with E-state index in [4.69, 9.17) is 4.99 Å². The average molecular weight is 500 g/mol. The fourth-order valence-corrected chi connectivity index (χ4v) is 5.54. The molecule has 0 unspecified atom stereocenters. The third-order valence-electron chi connectivity index (χ3n) is 6.35. The zero-order valence-corrected chi connectivity index (χ0v) is 21.0. The lowest BCUT2D eigenvalue weighted by molar-refractivity contribution is -0.122. The maximum atomic E-state index is 13.7. The first kappa shape index (κ1) is 23.1. The van der Waals surface area contributed by atoms with Crippen LogP contribution in [-0.4, -0.2) is 20.5 Å². The van der Waals surface area contributed by atoms with E-state index >= 15 is 0 Å². The average Bonchev–Trinajstić information content (AvgIpc) is 3.43. The van der Waals surface area contributed by atoms with E-state index in [1.54, 1.807) is 4.90 Å². The van der Waals surface area contributed by atoms with Gasteiger partial charge in [-0.1, -0.05) is 97.1 Å². The number of aromatic nitrogens is 1. The van der Waals surface area contributed by atoms with Gasteiger partial charge in [0.05, 0.1) is 17.1 Å². The number of carbonyl (C=O) groups is 1. The van der Waals surface area contributed by atoms with Gasteiger partial charge < -0.3 is 4.57 Å². The van der Waals surface area contributed by atoms with Crippen LogP contribution in [0.4, 0.5) is 5.69 Å². The molecule has 1 aliphatic rings. The molecule has 1 saturated heterocycles. The maximum Gasteiger partial charge on any atom is 0.267 e. The number of amides is 1. The van der Waals surface area contributed by atoms with Crippen LogP contribution in [0.5, 0.6) is 0 Å². The summed E-state index contributed by atoms with van der Waals surface area (Å²) >= 11 is 1.44. The molecular weight excluding hydrogens is 474 g/mol. The van der Waals surface area contributed by atoms with Gasteiger partial charge in [-0.25, -0.2) is 4.99 Å². The number of aliphatic imine (C=N–C) groups is 1. The Morgan fingerprint density at radius 2 is 1.30 bits per heavy atom. The summed E-state index contributed by atoms with van der Waals surface area (Å²) in [6, 6.07) is 38.6. The van der Waals surface area contributed by atoms with Gasteiger partial charge in [-0.3, -0.25) is 9.69 Å². The Morgan fingerprint density at radius 1 is 0.703 bits per heavy atom. The SMILES string of the molecule is O=C1/C(=C\c2cn(Cc3ccccc3)c3ccccc23)SC(=Nc2ccccc2)N1Cc1ccccc1. The molecule has 1 amide bonds. The summed E-state index contributed by atoms with van der Waals surface area (Å²) in [7, 11) is 0. The molecule has 1 aromatic heterocycles. The van der Waals surface area contributed by atoms with Crippen molar-refractivity contribution in [2.24, 2.45) is 4.99 Å². The maximum absolute atomic E-state index is 13.7. The van der Waals surface area contributed by atoms with Crippen molar-refractivity contribution in [2.45, 2.75) is 13.1 Å². The number of hydrogen-bond acceptors (Lipinski definition) is 3. The molecule has 4 aromatic carbocycles. The van der Waals surface area contributed by atoms with E-state index in [-0.39, 0.29) is 5.91 Å². The van der Waals surface area contributed by atoms with E-state index in [0.29, 0.717) is 16.6 Å². The first-order chi connectivity index (χ1) is 18.2. The van der Waals surface area contributed by atoms with Crippen LogP contribution in [0.2, 0.25) is 0 Å². The molecule has 0 spiro atoms. The number of carbonyl (C=O) groups excluding carboxylic acids is 1. The summed E-state index contributed by atoms with van der Waals surface area (Å²) in [6.07, 6.45) is 4.16. The van der Waals surface area contributed by atoms with Crippen LogP contribution in [0.25, 0.3) is 17.0 Å². The molecule has 4 nitrogen and oxygen atoms in total. The molecule has 0 saturated carbocycles. The van der Waals surface area contributed by atoms with Crippen LogP contribution < -0.4 is 0 Å². The van der Waals surface area contributed by atoms with Crippen molar-refractivity contribution in [3.05, 3.63) is 143 Å². The van der Waals surface area contributed by atoms with E-state index in [1.165, 1.54) is 17.3 Å². The van der Waals surface area contributed by atoms with E-state index < -0.39 is 0 Å². The highest BCUT2D eigenvalue weighted by atomic mass is 32.2. The Kier molecular flexibility index (Phi) is 6.44. The number of nitrogens with zero attached hydrogens (tertiary/aromatic N) is 3. The Labute approximate surface area is 220 Å². The molecule has 0 N–H and O–H groups in total. The van der Waals surface area contributed by atoms with Gasteiger partial charge in [0.25, 0.3) is 5.91 Å². The van der Waals surface area contributed by atoms with Gasteiger partial charge in [0.15, 0.2) is 5.17 Å². The van der Waals surface area contributed by atoms with E-state index in [0.717, 1.165) is 34.3 Å². The van der Waals surface area contributed by atoms with Crippen molar-refractivity contribution < 1.29 is 4.79 Å². The predicted octanol–water partition coefficient (Wildman–Crippen LogP) is 7.49. The third kappa shape index (κ3) is 4.99. The summed E-state index contributed by atoms with van der Waals surface area (Å²) in [6.45, 7) is 1.25. The summed E-state index contributed by atoms with van der Waals surface area (Å²) in [5, 5.41) is 1.82. The summed E-state index contributed by atoms with van der Waals surface area (Å²) < 4.78 is 2.25. The van der Waals surface area contributed by atoms with Crippen LogP contribution in [0.1, 0.15) is 16.7 Å². The second-order valence-electron chi connectivity index (χ2n) is 8.93. The highest BCUT2D eigenvalue weighted by Crippen LogP contribution is 2.36. The highest BCUT2D eigenvalue weighted by Gasteiger charge is 2.33. The lowest BCUT2D eigenvalue weighted by Gasteiger charge is -2.15. The summed E-state index contributed by atoms with van der Waals surface area (Å²) in [5.74, 6) is -0.0246. The standard InChI is InChI=1S/C32H25N3OS/c36-31-30(20-26-23-34(21-24-12-4-1-5-13-24)29-19-11-10-18-28(26)29)37-32(33-27-16-8-3-9-17-27)35(31)22-25-14-6-2-7-15-25/h1-20,23H,21-22H2/b30-20+,33-32?. The smallest absolute Gasteiger partial charge is 0.267 e. The lowest BCUT2D eigenvalue weighted by Crippen LogP contribution is -2.28. The largest absolute Gasteiger partial charge is 0.342 e. The number of hydrogen-bond donors (Lipinski definition) is 0. The van der Waals surface area contributed by atoms with Gasteiger partial charge in [0.2, 0.25) is 0 Å². The van der Waals surface area contributed by atoms with Gasteiger partial charge in [-0.15, -0.1) is 0 Å². The Balaban J connectivity index is 1.39. The number of fused-ring (bicyclic) bond motifs is 1. The fraction of sp³-hybridized carbons (Fsp3) is 0.0625. The van der Waals surface area contributed by atoms with Gasteiger partial charge in [-0.2, -0.15) is 0 Å². The molecular formula is C32H25N3OS. The molecule has 2 heterocycles. The van der Waals surface area contributed by atoms with Crippen molar-refractivity contribution in [3.63, 3.8) is 0 Å². The molecule has 180 valence electrons. The topological polar surface area (TPSA) is 37.6 Å². The molecule has 1 aliphatic heterocycles. The van der Waals surface area contributed by atoms with Crippen LogP contribution in [0, 0.1) is 0 Å². The number of benzene rings is 4. The van der Waals surface area contributed by atoms with Crippen LogP contribution in [0.15, 0.2) is 131 Å². The molecule has 1 fully saturated rings. The van der Waals surface area contributed by atoms with Gasteiger partial charge >= 0.3 is 0 Å². The highest BCUT2D eigenvalue weighted by molar-refractivity contribution is 8.18. The van der Waals surface area contributed by atoms with Crippen molar-refractivity contribution in [3.8, 4) is 0 Å². The van der Waals surface area contributed by atoms with Crippen molar-refractivity contribution in [1.29, 1.82) is 0 Å². The minimum atomic E-state index is -0.0246. The van der Waals surface area contributed by atoms with Crippen molar-refractivity contribution in [1.82, 2.24) is 9.47 Å². The van der Waals surface area contributed by atoms with Gasteiger partial charge in [0, 0.05) is 29.2 Å². The second-order valence-corrected chi connectivity index (χ2v) is 9.94. The quantitative estimate of drug-likeness (QED) is 0.227. The fourth-order valence-electron chi connectivity index (χ4n) is 4.55. The van der Waals surface area contributed by atoms with Crippen LogP contribution in [0.3, 0.4) is 0 Å². The number of thioether (sulfide) groups is 1. The number of amidine groups is 1. The zero-order valence-electron chi connectivity index (χ0n) is 20.2. The number of para-hydroxylation sites is 2. The Bertz CT molecular complexity index is 1610. The molecule has 0 atom stereocenters.